The van der Waals surface area contributed by atoms with Gasteiger partial charge in [0.05, 0.1) is 16.8 Å². The summed E-state index contributed by atoms with van der Waals surface area (Å²) < 4.78 is 25.0. The molecule has 0 aliphatic rings. The summed E-state index contributed by atoms with van der Waals surface area (Å²) in [4.78, 5) is 14.6. The zero-order chi connectivity index (χ0) is 11.6. The maximum absolute atomic E-state index is 12.5. The highest BCUT2D eigenvalue weighted by Crippen LogP contribution is 2.27. The standard InChI is InChI=1S/C9H5ClF2N2O/c1-4-5(2-13)7(8(10)15)6(3-14-4)9(11)12/h3,9H,1H3. The zero-order valence-electron chi connectivity index (χ0n) is 7.59. The number of carbonyl (C=O) groups excluding carboxylic acids is 1. The number of hydrogen-bond acceptors (Lipinski definition) is 3. The van der Waals surface area contributed by atoms with Crippen molar-refractivity contribution < 1.29 is 13.6 Å². The predicted molar refractivity (Wildman–Crippen MR) is 48.8 cm³/mol. The van der Waals surface area contributed by atoms with Gasteiger partial charge in [0.25, 0.3) is 11.7 Å². The largest absolute Gasteiger partial charge is 0.276 e. The van der Waals surface area contributed by atoms with Crippen LogP contribution in [0.3, 0.4) is 0 Å². The van der Waals surface area contributed by atoms with Gasteiger partial charge in [-0.15, -0.1) is 0 Å². The molecule has 0 aliphatic heterocycles. The van der Waals surface area contributed by atoms with Gasteiger partial charge >= 0.3 is 0 Å². The summed E-state index contributed by atoms with van der Waals surface area (Å²) in [6.07, 6.45) is -2.03. The van der Waals surface area contributed by atoms with Crippen LogP contribution in [0.5, 0.6) is 0 Å². The first-order valence-corrected chi connectivity index (χ1v) is 4.24. The molecule has 0 aliphatic carbocycles. The molecule has 6 heteroatoms. The second-order valence-corrected chi connectivity index (χ2v) is 3.08. The van der Waals surface area contributed by atoms with Crippen LogP contribution < -0.4 is 0 Å². The van der Waals surface area contributed by atoms with E-state index < -0.39 is 22.8 Å². The first kappa shape index (κ1) is 11.5. The Hall–Kier alpha value is -1.54. The molecule has 0 fully saturated rings. The molecular formula is C9H5ClF2N2O. The van der Waals surface area contributed by atoms with E-state index in [1.165, 1.54) is 6.92 Å². The van der Waals surface area contributed by atoms with Crippen molar-refractivity contribution in [2.24, 2.45) is 0 Å². The van der Waals surface area contributed by atoms with Crippen molar-refractivity contribution in [2.75, 3.05) is 0 Å². The Kier molecular flexibility index (Phi) is 3.32. The smallest absolute Gasteiger partial charge is 0.266 e. The van der Waals surface area contributed by atoms with Crippen molar-refractivity contribution in [3.05, 3.63) is 28.6 Å². The summed E-state index contributed by atoms with van der Waals surface area (Å²) in [5.74, 6) is 0. The minimum atomic E-state index is -2.89. The van der Waals surface area contributed by atoms with Crippen LogP contribution in [0.4, 0.5) is 8.78 Å². The van der Waals surface area contributed by atoms with Gasteiger partial charge in [-0.05, 0) is 18.5 Å². The molecule has 1 aromatic rings. The molecule has 1 aromatic heterocycles. The predicted octanol–water partition coefficient (Wildman–Crippen LogP) is 2.58. The fourth-order valence-electron chi connectivity index (χ4n) is 1.13. The van der Waals surface area contributed by atoms with E-state index in [4.69, 9.17) is 16.9 Å². The van der Waals surface area contributed by atoms with E-state index in [9.17, 15) is 13.6 Å². The fourth-order valence-corrected chi connectivity index (χ4v) is 1.34. The third-order valence-corrected chi connectivity index (χ3v) is 2.03. The number of carbonyl (C=O) groups is 1. The first-order chi connectivity index (χ1) is 6.99. The van der Waals surface area contributed by atoms with Crippen LogP contribution in [-0.2, 0) is 0 Å². The lowest BCUT2D eigenvalue weighted by Crippen LogP contribution is -2.05. The topological polar surface area (TPSA) is 53.8 Å². The van der Waals surface area contributed by atoms with Gasteiger partial charge in [0.2, 0.25) is 0 Å². The summed E-state index contributed by atoms with van der Waals surface area (Å²) >= 11 is 5.16. The molecule has 0 radical (unpaired) electrons. The summed E-state index contributed by atoms with van der Waals surface area (Å²) in [6, 6.07) is 1.64. The number of nitrogens with zero attached hydrogens (tertiary/aromatic N) is 2. The molecule has 0 saturated heterocycles. The van der Waals surface area contributed by atoms with Crippen molar-refractivity contribution in [1.29, 1.82) is 5.26 Å². The molecule has 0 amide bonds. The van der Waals surface area contributed by atoms with Gasteiger partial charge in [-0.1, -0.05) is 0 Å². The highest BCUT2D eigenvalue weighted by Gasteiger charge is 2.22. The second-order valence-electron chi connectivity index (χ2n) is 2.74. The van der Waals surface area contributed by atoms with E-state index in [0.717, 1.165) is 6.20 Å². The SMILES string of the molecule is Cc1ncc(C(F)F)c(C(=O)Cl)c1C#N. The average Bonchev–Trinajstić information content (AvgIpc) is 2.16. The summed E-state index contributed by atoms with van der Waals surface area (Å²) in [7, 11) is 0. The van der Waals surface area contributed by atoms with Crippen LogP contribution in [0.1, 0.15) is 33.6 Å². The number of alkyl halides is 2. The molecule has 78 valence electrons. The molecule has 1 heterocycles. The Morgan fingerprint density at radius 3 is 2.67 bits per heavy atom. The van der Waals surface area contributed by atoms with Crippen LogP contribution in [0.2, 0.25) is 0 Å². The van der Waals surface area contributed by atoms with Crippen LogP contribution in [-0.4, -0.2) is 10.2 Å². The van der Waals surface area contributed by atoms with E-state index in [1.807, 2.05) is 0 Å². The van der Waals surface area contributed by atoms with E-state index >= 15 is 0 Å². The van der Waals surface area contributed by atoms with E-state index in [0.29, 0.717) is 0 Å². The van der Waals surface area contributed by atoms with Crippen molar-refractivity contribution in [1.82, 2.24) is 4.98 Å². The number of hydrogen-bond donors (Lipinski definition) is 0. The first-order valence-electron chi connectivity index (χ1n) is 3.86. The molecule has 3 nitrogen and oxygen atoms in total. The molecule has 0 saturated carbocycles. The quantitative estimate of drug-likeness (QED) is 0.734. The number of nitriles is 1. The van der Waals surface area contributed by atoms with Crippen molar-refractivity contribution >= 4 is 16.8 Å². The van der Waals surface area contributed by atoms with Gasteiger partial charge in [0.1, 0.15) is 6.07 Å². The summed E-state index contributed by atoms with van der Waals surface area (Å²) in [5.41, 5.74) is -1.07. The molecule has 0 aromatic carbocycles. The highest BCUT2D eigenvalue weighted by molar-refractivity contribution is 6.68. The Balaban J connectivity index is 3.58. The Morgan fingerprint density at radius 2 is 2.27 bits per heavy atom. The second kappa shape index (κ2) is 4.32. The Morgan fingerprint density at radius 1 is 1.67 bits per heavy atom. The fraction of sp³-hybridized carbons (Fsp3) is 0.222. The van der Waals surface area contributed by atoms with Crippen molar-refractivity contribution in [2.45, 2.75) is 13.3 Å². The summed E-state index contributed by atoms with van der Waals surface area (Å²) in [5, 5.41) is 7.63. The Bertz CT molecular complexity index is 454. The van der Waals surface area contributed by atoms with Crippen LogP contribution in [0, 0.1) is 18.3 Å². The molecule has 0 atom stereocenters. The monoisotopic (exact) mass is 230 g/mol. The lowest BCUT2D eigenvalue weighted by molar-refractivity contribution is 0.106. The normalized spacial score (nSPS) is 10.1. The van der Waals surface area contributed by atoms with Gasteiger partial charge in [0, 0.05) is 11.8 Å². The third kappa shape index (κ3) is 2.10. The highest BCUT2D eigenvalue weighted by atomic mass is 35.5. The number of rotatable bonds is 2. The molecule has 0 bridgehead atoms. The van der Waals surface area contributed by atoms with Gasteiger partial charge in [-0.25, -0.2) is 8.78 Å². The summed E-state index contributed by atoms with van der Waals surface area (Å²) in [6.45, 7) is 1.44. The lowest BCUT2D eigenvalue weighted by atomic mass is 10.0. The number of aromatic nitrogens is 1. The third-order valence-electron chi connectivity index (χ3n) is 1.84. The van der Waals surface area contributed by atoms with Crippen LogP contribution >= 0.6 is 11.6 Å². The molecular weight excluding hydrogens is 226 g/mol. The van der Waals surface area contributed by atoms with E-state index in [1.54, 1.807) is 6.07 Å². The molecule has 0 spiro atoms. The van der Waals surface area contributed by atoms with Gasteiger partial charge in [0.15, 0.2) is 0 Å². The number of pyridine rings is 1. The average molecular weight is 231 g/mol. The molecule has 1 rings (SSSR count). The van der Waals surface area contributed by atoms with E-state index in [2.05, 4.69) is 4.98 Å². The van der Waals surface area contributed by atoms with Gasteiger partial charge in [-0.3, -0.25) is 9.78 Å². The molecule has 15 heavy (non-hydrogen) atoms. The minimum absolute atomic E-state index is 0.200. The van der Waals surface area contributed by atoms with Gasteiger partial charge < -0.3 is 0 Å². The molecule has 0 N–H and O–H groups in total. The number of halogens is 3. The van der Waals surface area contributed by atoms with Crippen LogP contribution in [0.15, 0.2) is 6.20 Å². The van der Waals surface area contributed by atoms with Crippen molar-refractivity contribution in [3.8, 4) is 6.07 Å². The zero-order valence-corrected chi connectivity index (χ0v) is 8.35. The van der Waals surface area contributed by atoms with E-state index in [-0.39, 0.29) is 11.3 Å². The lowest BCUT2D eigenvalue weighted by Gasteiger charge is -2.07. The number of aryl methyl sites for hydroxylation is 1. The molecule has 0 unspecified atom stereocenters. The Labute approximate surface area is 89.3 Å². The van der Waals surface area contributed by atoms with Crippen molar-refractivity contribution in [3.63, 3.8) is 0 Å². The van der Waals surface area contributed by atoms with Crippen LogP contribution in [0.25, 0.3) is 0 Å². The maximum Gasteiger partial charge on any atom is 0.266 e. The van der Waals surface area contributed by atoms with Gasteiger partial charge in [-0.2, -0.15) is 5.26 Å². The minimum Gasteiger partial charge on any atom is -0.276 e. The maximum atomic E-state index is 12.5.